The number of amides is 3. The van der Waals surface area contributed by atoms with Gasteiger partial charge in [0.15, 0.2) is 0 Å². The van der Waals surface area contributed by atoms with Crippen LogP contribution in [0.1, 0.15) is 46.9 Å². The fourth-order valence-corrected chi connectivity index (χ4v) is 3.37. The smallest absolute Gasteiger partial charge is 0.329 e. The molecule has 24 heavy (non-hydrogen) atoms. The minimum Gasteiger partial charge on any atom is -0.480 e. The van der Waals surface area contributed by atoms with E-state index in [2.05, 4.69) is 0 Å². The summed E-state index contributed by atoms with van der Waals surface area (Å²) in [5, 5.41) is 9.36. The first-order valence-corrected chi connectivity index (χ1v) is 7.85. The standard InChI is InChI=1S/C17H18N2O5/c1-17(16(23)24)8-4-9-19(17)13(20)7-10-18-14(21)11-5-2-3-6-12(11)15(18)22/h2-3,5-6H,4,7-10H2,1H3,(H,23,24). The largest absolute Gasteiger partial charge is 0.480 e. The lowest BCUT2D eigenvalue weighted by molar-refractivity contribution is -0.155. The molecule has 2 aliphatic heterocycles. The molecule has 0 aromatic heterocycles. The molecule has 3 amide bonds. The van der Waals surface area contributed by atoms with Crippen molar-refractivity contribution in [2.75, 3.05) is 13.1 Å². The number of carboxylic acids is 1. The Kier molecular flexibility index (Phi) is 3.87. The van der Waals surface area contributed by atoms with E-state index < -0.39 is 23.3 Å². The highest BCUT2D eigenvalue weighted by atomic mass is 16.4. The van der Waals surface area contributed by atoms with Crippen LogP contribution in [-0.4, -0.2) is 57.2 Å². The van der Waals surface area contributed by atoms with E-state index in [4.69, 9.17) is 0 Å². The van der Waals surface area contributed by atoms with Gasteiger partial charge < -0.3 is 10.0 Å². The Morgan fingerprint density at radius 1 is 1.17 bits per heavy atom. The quantitative estimate of drug-likeness (QED) is 0.835. The summed E-state index contributed by atoms with van der Waals surface area (Å²) in [6.45, 7) is 1.86. The van der Waals surface area contributed by atoms with Crippen LogP contribution in [0.2, 0.25) is 0 Å². The molecule has 1 atom stereocenters. The van der Waals surface area contributed by atoms with Crippen molar-refractivity contribution in [3.8, 4) is 0 Å². The fraction of sp³-hybridized carbons (Fsp3) is 0.412. The summed E-state index contributed by atoms with van der Waals surface area (Å²) >= 11 is 0. The molecule has 1 aromatic carbocycles. The van der Waals surface area contributed by atoms with Gasteiger partial charge in [-0.05, 0) is 31.9 Å². The number of benzene rings is 1. The van der Waals surface area contributed by atoms with Crippen molar-refractivity contribution in [1.82, 2.24) is 9.80 Å². The van der Waals surface area contributed by atoms with Crippen LogP contribution in [0, 0.1) is 0 Å². The third kappa shape index (κ3) is 2.36. The Labute approximate surface area is 138 Å². The van der Waals surface area contributed by atoms with Crippen molar-refractivity contribution >= 4 is 23.7 Å². The summed E-state index contributed by atoms with van der Waals surface area (Å²) in [6.07, 6.45) is 0.955. The number of rotatable bonds is 4. The van der Waals surface area contributed by atoms with Gasteiger partial charge in [-0.1, -0.05) is 12.1 Å². The molecule has 1 unspecified atom stereocenters. The van der Waals surface area contributed by atoms with Crippen molar-refractivity contribution in [2.45, 2.75) is 31.7 Å². The molecule has 7 nitrogen and oxygen atoms in total. The lowest BCUT2D eigenvalue weighted by atomic mass is 9.99. The highest BCUT2D eigenvalue weighted by molar-refractivity contribution is 6.21. The van der Waals surface area contributed by atoms with Crippen molar-refractivity contribution in [3.63, 3.8) is 0 Å². The molecule has 3 rings (SSSR count). The summed E-state index contributed by atoms with van der Waals surface area (Å²) in [4.78, 5) is 50.8. The minimum atomic E-state index is -1.21. The van der Waals surface area contributed by atoms with Gasteiger partial charge >= 0.3 is 5.97 Å². The number of aliphatic carboxylic acids is 1. The molecule has 2 aliphatic rings. The van der Waals surface area contributed by atoms with Crippen molar-refractivity contribution in [1.29, 1.82) is 0 Å². The number of likely N-dealkylation sites (tertiary alicyclic amines) is 1. The van der Waals surface area contributed by atoms with Crippen LogP contribution < -0.4 is 0 Å². The zero-order valence-electron chi connectivity index (χ0n) is 13.3. The second-order valence-electron chi connectivity index (χ2n) is 6.29. The zero-order chi connectivity index (χ0) is 17.5. The molecule has 0 spiro atoms. The van der Waals surface area contributed by atoms with Crippen LogP contribution in [0.15, 0.2) is 24.3 Å². The van der Waals surface area contributed by atoms with Crippen LogP contribution in [0.25, 0.3) is 0 Å². The monoisotopic (exact) mass is 330 g/mol. The van der Waals surface area contributed by atoms with Gasteiger partial charge in [-0.15, -0.1) is 0 Å². The van der Waals surface area contributed by atoms with Gasteiger partial charge in [-0.3, -0.25) is 19.3 Å². The van der Waals surface area contributed by atoms with Gasteiger partial charge in [-0.25, -0.2) is 4.79 Å². The number of imide groups is 1. The van der Waals surface area contributed by atoms with E-state index in [1.54, 1.807) is 24.3 Å². The van der Waals surface area contributed by atoms with E-state index in [1.165, 1.54) is 11.8 Å². The number of hydrogen-bond acceptors (Lipinski definition) is 4. The predicted octanol–water partition coefficient (Wildman–Crippen LogP) is 1.14. The highest BCUT2D eigenvalue weighted by Crippen LogP contribution is 2.30. The summed E-state index contributed by atoms with van der Waals surface area (Å²) in [6, 6.07) is 6.53. The van der Waals surface area contributed by atoms with Crippen LogP contribution in [0.3, 0.4) is 0 Å². The van der Waals surface area contributed by atoms with Gasteiger partial charge in [-0.2, -0.15) is 0 Å². The summed E-state index contributed by atoms with van der Waals surface area (Å²) < 4.78 is 0. The molecule has 1 aromatic rings. The Morgan fingerprint density at radius 2 is 1.75 bits per heavy atom. The van der Waals surface area contributed by atoms with Crippen LogP contribution >= 0.6 is 0 Å². The van der Waals surface area contributed by atoms with E-state index in [1.807, 2.05) is 0 Å². The van der Waals surface area contributed by atoms with Crippen molar-refractivity contribution in [3.05, 3.63) is 35.4 Å². The number of hydrogen-bond donors (Lipinski definition) is 1. The van der Waals surface area contributed by atoms with Crippen molar-refractivity contribution in [2.24, 2.45) is 0 Å². The fourth-order valence-electron chi connectivity index (χ4n) is 3.37. The second-order valence-corrected chi connectivity index (χ2v) is 6.29. The molecular formula is C17H18N2O5. The van der Waals surface area contributed by atoms with E-state index in [9.17, 15) is 24.3 Å². The molecule has 7 heteroatoms. The van der Waals surface area contributed by atoms with Crippen LogP contribution in [0.5, 0.6) is 0 Å². The van der Waals surface area contributed by atoms with Crippen LogP contribution in [0.4, 0.5) is 0 Å². The number of carbonyl (C=O) groups excluding carboxylic acids is 3. The number of nitrogens with zero attached hydrogens (tertiary/aromatic N) is 2. The molecule has 126 valence electrons. The molecule has 2 heterocycles. The third-order valence-corrected chi connectivity index (χ3v) is 4.83. The van der Waals surface area contributed by atoms with E-state index in [0.29, 0.717) is 30.5 Å². The summed E-state index contributed by atoms with van der Waals surface area (Å²) in [5.41, 5.74) is -0.531. The van der Waals surface area contributed by atoms with Gasteiger partial charge in [0.1, 0.15) is 5.54 Å². The first-order chi connectivity index (χ1) is 11.4. The first-order valence-electron chi connectivity index (χ1n) is 7.85. The maximum atomic E-state index is 12.4. The van der Waals surface area contributed by atoms with Gasteiger partial charge in [0.2, 0.25) is 5.91 Å². The Hall–Kier alpha value is -2.70. The lowest BCUT2D eigenvalue weighted by Gasteiger charge is -2.31. The molecule has 0 bridgehead atoms. The van der Waals surface area contributed by atoms with Crippen LogP contribution in [-0.2, 0) is 9.59 Å². The van der Waals surface area contributed by atoms with Gasteiger partial charge in [0, 0.05) is 19.5 Å². The first kappa shape index (κ1) is 16.2. The molecule has 0 saturated carbocycles. The van der Waals surface area contributed by atoms with Gasteiger partial charge in [0.05, 0.1) is 11.1 Å². The maximum absolute atomic E-state index is 12.4. The van der Waals surface area contributed by atoms with Gasteiger partial charge in [0.25, 0.3) is 11.8 Å². The number of carboxylic acid groups (broad SMARTS) is 1. The van der Waals surface area contributed by atoms with E-state index in [-0.39, 0.29) is 18.9 Å². The number of fused-ring (bicyclic) bond motifs is 1. The Bertz CT molecular complexity index is 709. The van der Waals surface area contributed by atoms with E-state index >= 15 is 0 Å². The molecule has 1 saturated heterocycles. The molecule has 1 fully saturated rings. The van der Waals surface area contributed by atoms with E-state index in [0.717, 1.165) is 4.90 Å². The summed E-state index contributed by atoms with van der Waals surface area (Å²) in [5.74, 6) is -2.21. The second kappa shape index (κ2) is 5.74. The average molecular weight is 330 g/mol. The lowest BCUT2D eigenvalue weighted by Crippen LogP contribution is -2.51. The van der Waals surface area contributed by atoms with Crippen molar-refractivity contribution < 1.29 is 24.3 Å². The third-order valence-electron chi connectivity index (χ3n) is 4.83. The molecule has 0 aliphatic carbocycles. The topological polar surface area (TPSA) is 95.0 Å². The molecular weight excluding hydrogens is 312 g/mol. The Morgan fingerprint density at radius 3 is 2.29 bits per heavy atom. The normalized spacial score (nSPS) is 22.9. The molecule has 1 N–H and O–H groups in total. The number of carbonyl (C=O) groups is 4. The molecule has 0 radical (unpaired) electrons. The Balaban J connectivity index is 1.69. The average Bonchev–Trinajstić information content (AvgIpc) is 3.07. The zero-order valence-corrected chi connectivity index (χ0v) is 13.3. The predicted molar refractivity (Wildman–Crippen MR) is 83.4 cm³/mol. The maximum Gasteiger partial charge on any atom is 0.329 e. The SMILES string of the molecule is CC1(C(=O)O)CCCN1C(=O)CCN1C(=O)c2ccccc2C1=O. The summed E-state index contributed by atoms with van der Waals surface area (Å²) in [7, 11) is 0. The minimum absolute atomic E-state index is 0.0443. The highest BCUT2D eigenvalue weighted by Gasteiger charge is 2.46.